The third kappa shape index (κ3) is 2.05. The fraction of sp³-hybridized carbons (Fsp3) is 0.231. The summed E-state index contributed by atoms with van der Waals surface area (Å²) in [6, 6.07) is 8.55. The Kier molecular flexibility index (Phi) is 2.68. The van der Waals surface area contributed by atoms with Crippen LogP contribution in [0.25, 0.3) is 0 Å². The quantitative estimate of drug-likeness (QED) is 0.684. The largest absolute Gasteiger partial charge is 0.369 e. The van der Waals surface area contributed by atoms with Gasteiger partial charge >= 0.3 is 0 Å². The lowest BCUT2D eigenvalue weighted by atomic mass is 10.1. The van der Waals surface area contributed by atoms with E-state index in [-0.39, 0.29) is 0 Å². The van der Waals surface area contributed by atoms with E-state index in [4.69, 9.17) is 0 Å². The topological polar surface area (TPSA) is 3.24 Å². The molecule has 1 nitrogen and oxygen atoms in total. The molecule has 1 aromatic carbocycles. The molecule has 72 valence electrons. The van der Waals surface area contributed by atoms with E-state index in [9.17, 15) is 0 Å². The monoisotopic (exact) mass is 185 g/mol. The Morgan fingerprint density at radius 2 is 2.07 bits per heavy atom. The Hall–Kier alpha value is -1.50. The van der Waals surface area contributed by atoms with Crippen LogP contribution in [0.15, 0.2) is 48.7 Å². The first-order chi connectivity index (χ1) is 6.86. The highest BCUT2D eigenvalue weighted by Crippen LogP contribution is 2.11. The second-order valence-corrected chi connectivity index (χ2v) is 3.63. The van der Waals surface area contributed by atoms with Crippen LogP contribution in [0.5, 0.6) is 0 Å². The van der Waals surface area contributed by atoms with Gasteiger partial charge in [-0.2, -0.15) is 0 Å². The summed E-state index contributed by atoms with van der Waals surface area (Å²) < 4.78 is 0. The maximum atomic E-state index is 2.31. The molecule has 0 unspecified atom stereocenters. The zero-order chi connectivity index (χ0) is 9.80. The molecule has 0 bridgehead atoms. The highest BCUT2D eigenvalue weighted by molar-refractivity contribution is 5.26. The van der Waals surface area contributed by atoms with Gasteiger partial charge in [-0.05, 0) is 30.3 Å². The van der Waals surface area contributed by atoms with E-state index < -0.39 is 0 Å². The van der Waals surface area contributed by atoms with Crippen molar-refractivity contribution in [3.05, 3.63) is 59.8 Å². The minimum atomic E-state index is 1.01. The molecule has 1 heterocycles. The summed E-state index contributed by atoms with van der Waals surface area (Å²) in [5.74, 6) is 0. The highest BCUT2D eigenvalue weighted by atomic mass is 15.1. The summed E-state index contributed by atoms with van der Waals surface area (Å²) >= 11 is 0. The van der Waals surface area contributed by atoms with Gasteiger partial charge in [-0.25, -0.2) is 0 Å². The SMILES string of the molecule is Cc1ccccc1CN1C=CC=CC1. The molecule has 14 heavy (non-hydrogen) atoms. The molecule has 0 aliphatic carbocycles. The first-order valence-electron chi connectivity index (χ1n) is 4.98. The third-order valence-corrected chi connectivity index (χ3v) is 2.52. The summed E-state index contributed by atoms with van der Waals surface area (Å²) in [7, 11) is 0. The summed E-state index contributed by atoms with van der Waals surface area (Å²) in [6.45, 7) is 4.19. The van der Waals surface area contributed by atoms with E-state index >= 15 is 0 Å². The molecule has 0 spiro atoms. The maximum Gasteiger partial charge on any atom is 0.0430 e. The van der Waals surface area contributed by atoms with Crippen LogP contribution >= 0.6 is 0 Å². The molecule has 1 aliphatic heterocycles. The van der Waals surface area contributed by atoms with Gasteiger partial charge in [-0.15, -0.1) is 0 Å². The Labute approximate surface area is 85.4 Å². The first kappa shape index (κ1) is 9.07. The Balaban J connectivity index is 2.07. The van der Waals surface area contributed by atoms with E-state index in [1.165, 1.54) is 11.1 Å². The van der Waals surface area contributed by atoms with Crippen molar-refractivity contribution in [3.8, 4) is 0 Å². The molecule has 0 radical (unpaired) electrons. The van der Waals surface area contributed by atoms with Crippen LogP contribution < -0.4 is 0 Å². The standard InChI is InChI=1S/C13H15N/c1-12-7-3-4-8-13(12)11-14-9-5-2-6-10-14/h2-9H,10-11H2,1H3. The average Bonchev–Trinajstić information content (AvgIpc) is 2.23. The predicted molar refractivity (Wildman–Crippen MR) is 59.9 cm³/mol. The zero-order valence-electron chi connectivity index (χ0n) is 8.48. The molecule has 1 aliphatic rings. The molecule has 0 amide bonds. The van der Waals surface area contributed by atoms with Gasteiger partial charge in [0.25, 0.3) is 0 Å². The van der Waals surface area contributed by atoms with Crippen molar-refractivity contribution in [1.82, 2.24) is 4.90 Å². The number of rotatable bonds is 2. The van der Waals surface area contributed by atoms with Crippen molar-refractivity contribution in [2.45, 2.75) is 13.5 Å². The minimum absolute atomic E-state index is 1.01. The van der Waals surface area contributed by atoms with Gasteiger partial charge in [0.05, 0.1) is 0 Å². The molecule has 0 saturated carbocycles. The summed E-state index contributed by atoms with van der Waals surface area (Å²) in [5, 5.41) is 0. The lowest BCUT2D eigenvalue weighted by Crippen LogP contribution is -2.18. The molecule has 2 rings (SSSR count). The maximum absolute atomic E-state index is 2.31. The third-order valence-electron chi connectivity index (χ3n) is 2.52. The fourth-order valence-electron chi connectivity index (χ4n) is 1.63. The lowest BCUT2D eigenvalue weighted by molar-refractivity contribution is 0.404. The van der Waals surface area contributed by atoms with Gasteiger partial charge in [0.2, 0.25) is 0 Å². The van der Waals surface area contributed by atoms with Crippen LogP contribution in [0.3, 0.4) is 0 Å². The van der Waals surface area contributed by atoms with Crippen molar-refractivity contribution < 1.29 is 0 Å². The molecule has 0 atom stereocenters. The average molecular weight is 185 g/mol. The van der Waals surface area contributed by atoms with E-state index in [1.54, 1.807) is 0 Å². The number of allylic oxidation sites excluding steroid dienone is 2. The number of aryl methyl sites for hydroxylation is 1. The number of benzene rings is 1. The van der Waals surface area contributed by atoms with E-state index in [0.29, 0.717) is 0 Å². The molecule has 0 saturated heterocycles. The fourth-order valence-corrected chi connectivity index (χ4v) is 1.63. The number of nitrogens with zero attached hydrogens (tertiary/aromatic N) is 1. The highest BCUT2D eigenvalue weighted by Gasteiger charge is 2.02. The lowest BCUT2D eigenvalue weighted by Gasteiger charge is -2.21. The molecular weight excluding hydrogens is 170 g/mol. The van der Waals surface area contributed by atoms with Gasteiger partial charge in [0.1, 0.15) is 0 Å². The summed E-state index contributed by atoms with van der Waals surface area (Å²) in [5.41, 5.74) is 2.78. The Morgan fingerprint density at radius 3 is 2.79 bits per heavy atom. The number of hydrogen-bond donors (Lipinski definition) is 0. The van der Waals surface area contributed by atoms with Crippen molar-refractivity contribution in [1.29, 1.82) is 0 Å². The number of hydrogen-bond acceptors (Lipinski definition) is 1. The molecule has 0 N–H and O–H groups in total. The zero-order valence-corrected chi connectivity index (χ0v) is 8.48. The minimum Gasteiger partial charge on any atom is -0.369 e. The molecule has 0 fully saturated rings. The van der Waals surface area contributed by atoms with Crippen LogP contribution in [-0.4, -0.2) is 11.4 Å². The molecule has 1 heteroatoms. The smallest absolute Gasteiger partial charge is 0.0430 e. The van der Waals surface area contributed by atoms with Crippen molar-refractivity contribution in [2.24, 2.45) is 0 Å². The first-order valence-corrected chi connectivity index (χ1v) is 4.98. The van der Waals surface area contributed by atoms with Gasteiger partial charge in [-0.3, -0.25) is 0 Å². The van der Waals surface area contributed by atoms with Gasteiger partial charge in [0.15, 0.2) is 0 Å². The van der Waals surface area contributed by atoms with Gasteiger partial charge in [0, 0.05) is 13.1 Å². The van der Waals surface area contributed by atoms with Crippen molar-refractivity contribution in [2.75, 3.05) is 6.54 Å². The molecule has 0 aromatic heterocycles. The molecular formula is C13H15N. The van der Waals surface area contributed by atoms with Crippen LogP contribution in [0, 0.1) is 6.92 Å². The van der Waals surface area contributed by atoms with Crippen LogP contribution in [0.1, 0.15) is 11.1 Å². The van der Waals surface area contributed by atoms with Gasteiger partial charge < -0.3 is 4.90 Å². The van der Waals surface area contributed by atoms with Crippen LogP contribution in [-0.2, 0) is 6.54 Å². The van der Waals surface area contributed by atoms with Gasteiger partial charge in [-0.1, -0.05) is 36.4 Å². The van der Waals surface area contributed by atoms with Crippen LogP contribution in [0.4, 0.5) is 0 Å². The van der Waals surface area contributed by atoms with E-state index in [2.05, 4.69) is 60.5 Å². The van der Waals surface area contributed by atoms with E-state index in [0.717, 1.165) is 13.1 Å². The van der Waals surface area contributed by atoms with E-state index in [1.807, 2.05) is 0 Å². The second kappa shape index (κ2) is 4.14. The second-order valence-electron chi connectivity index (χ2n) is 3.63. The van der Waals surface area contributed by atoms with Crippen molar-refractivity contribution >= 4 is 0 Å². The Bertz CT molecular complexity index is 363. The molecule has 1 aromatic rings. The normalized spacial score (nSPS) is 14.8. The summed E-state index contributed by atoms with van der Waals surface area (Å²) in [6.07, 6.45) is 8.50. The van der Waals surface area contributed by atoms with Crippen LogP contribution in [0.2, 0.25) is 0 Å². The Morgan fingerprint density at radius 1 is 1.21 bits per heavy atom. The predicted octanol–water partition coefficient (Wildman–Crippen LogP) is 2.88. The summed E-state index contributed by atoms with van der Waals surface area (Å²) in [4.78, 5) is 2.31. The van der Waals surface area contributed by atoms with Crippen molar-refractivity contribution in [3.63, 3.8) is 0 Å².